The van der Waals surface area contributed by atoms with Crippen molar-refractivity contribution in [1.82, 2.24) is 14.3 Å². The second kappa shape index (κ2) is 8.61. The van der Waals surface area contributed by atoms with Crippen molar-refractivity contribution < 1.29 is 17.9 Å². The van der Waals surface area contributed by atoms with Crippen molar-refractivity contribution >= 4 is 27.0 Å². The predicted octanol–water partition coefficient (Wildman–Crippen LogP) is 3.43. The molecule has 0 saturated carbocycles. The Balaban J connectivity index is 1.57. The third kappa shape index (κ3) is 4.75. The molecule has 0 atom stereocenters. The van der Waals surface area contributed by atoms with Crippen LogP contribution in [0.25, 0.3) is 11.0 Å². The van der Waals surface area contributed by atoms with Crippen LogP contribution in [0.1, 0.15) is 11.4 Å². The molecule has 1 aromatic heterocycles. The number of nitrogens with one attached hydrogen (secondary N) is 1. The van der Waals surface area contributed by atoms with Crippen LogP contribution < -0.4 is 9.46 Å². The van der Waals surface area contributed by atoms with E-state index in [0.717, 1.165) is 11.1 Å². The highest BCUT2D eigenvalue weighted by Crippen LogP contribution is 2.19. The van der Waals surface area contributed by atoms with Gasteiger partial charge in [0.25, 0.3) is 15.9 Å². The predicted molar refractivity (Wildman–Crippen MR) is 117 cm³/mol. The van der Waals surface area contributed by atoms with E-state index < -0.39 is 15.9 Å². The minimum absolute atomic E-state index is 0.0453. The number of aryl methyl sites for hydroxylation is 1. The number of aromatic nitrogens is 2. The summed E-state index contributed by atoms with van der Waals surface area (Å²) < 4.78 is 34.8. The fraction of sp³-hybridized carbons (Fsp3) is 0.130. The Bertz CT molecular complexity index is 1330. The maximum atomic E-state index is 12.7. The molecule has 0 bridgehead atoms. The van der Waals surface area contributed by atoms with Gasteiger partial charge in [-0.1, -0.05) is 42.5 Å². The van der Waals surface area contributed by atoms with E-state index in [2.05, 4.69) is 9.71 Å². The van der Waals surface area contributed by atoms with Gasteiger partial charge in [-0.2, -0.15) is 0 Å². The molecule has 0 aliphatic heterocycles. The maximum absolute atomic E-state index is 12.7. The molecule has 1 heterocycles. The minimum Gasteiger partial charge on any atom is -0.486 e. The second-order valence-electron chi connectivity index (χ2n) is 7.05. The van der Waals surface area contributed by atoms with Crippen LogP contribution in [-0.4, -0.2) is 23.9 Å². The molecular formula is C23H21N3O4S. The van der Waals surface area contributed by atoms with Crippen LogP contribution in [0.3, 0.4) is 0 Å². The molecule has 1 N–H and O–H groups in total. The first kappa shape index (κ1) is 20.6. The van der Waals surface area contributed by atoms with Crippen LogP contribution >= 0.6 is 0 Å². The average molecular weight is 436 g/mol. The zero-order valence-corrected chi connectivity index (χ0v) is 17.7. The lowest BCUT2D eigenvalue weighted by atomic mass is 10.2. The van der Waals surface area contributed by atoms with Crippen LogP contribution in [0, 0.1) is 6.92 Å². The number of benzene rings is 3. The summed E-state index contributed by atoms with van der Waals surface area (Å²) in [6.07, 6.45) is 0. The van der Waals surface area contributed by atoms with Gasteiger partial charge in [0.1, 0.15) is 24.7 Å². The lowest BCUT2D eigenvalue weighted by Crippen LogP contribution is -2.33. The monoisotopic (exact) mass is 435 g/mol. The smallest absolute Gasteiger partial charge is 0.264 e. The molecule has 0 radical (unpaired) electrons. The third-order valence-electron chi connectivity index (χ3n) is 4.69. The highest BCUT2D eigenvalue weighted by atomic mass is 32.2. The zero-order valence-electron chi connectivity index (χ0n) is 16.9. The average Bonchev–Trinajstić information content (AvgIpc) is 3.10. The molecule has 1 amide bonds. The maximum Gasteiger partial charge on any atom is 0.264 e. The summed E-state index contributed by atoms with van der Waals surface area (Å²) >= 11 is 0. The number of rotatable bonds is 7. The number of imidazole rings is 1. The van der Waals surface area contributed by atoms with Crippen molar-refractivity contribution in [1.29, 1.82) is 0 Å². The fourth-order valence-corrected chi connectivity index (χ4v) is 4.32. The molecule has 7 nitrogen and oxygen atoms in total. The van der Waals surface area contributed by atoms with Crippen molar-refractivity contribution in [3.8, 4) is 5.75 Å². The Labute approximate surface area is 180 Å². The molecule has 0 fully saturated rings. The molecule has 31 heavy (non-hydrogen) atoms. The van der Waals surface area contributed by atoms with Crippen LogP contribution in [-0.2, 0) is 28.0 Å². The van der Waals surface area contributed by atoms with Crippen molar-refractivity contribution in [2.45, 2.75) is 25.0 Å². The SMILES string of the molecule is Cc1cccc(S(=O)(=O)NC(=O)Cn2c(COc3ccccc3)nc3ccccc32)c1. The first-order valence-corrected chi connectivity index (χ1v) is 11.1. The Morgan fingerprint density at radius 1 is 1.00 bits per heavy atom. The largest absolute Gasteiger partial charge is 0.486 e. The number of nitrogens with zero attached hydrogens (tertiary/aromatic N) is 2. The Morgan fingerprint density at radius 3 is 2.52 bits per heavy atom. The molecule has 0 unspecified atom stereocenters. The molecule has 0 spiro atoms. The summed E-state index contributed by atoms with van der Waals surface area (Å²) in [7, 11) is -3.97. The van der Waals surface area contributed by atoms with Gasteiger partial charge in [0.05, 0.1) is 15.9 Å². The number of amides is 1. The van der Waals surface area contributed by atoms with Gasteiger partial charge in [0.15, 0.2) is 0 Å². The van der Waals surface area contributed by atoms with Crippen molar-refractivity contribution in [3.05, 3.63) is 90.3 Å². The van der Waals surface area contributed by atoms with Crippen molar-refractivity contribution in [2.75, 3.05) is 0 Å². The zero-order chi connectivity index (χ0) is 21.8. The third-order valence-corrected chi connectivity index (χ3v) is 6.07. The van der Waals surface area contributed by atoms with Gasteiger partial charge in [-0.25, -0.2) is 18.1 Å². The first-order chi connectivity index (χ1) is 14.9. The fourth-order valence-electron chi connectivity index (χ4n) is 3.24. The summed E-state index contributed by atoms with van der Waals surface area (Å²) in [5, 5.41) is 0. The summed E-state index contributed by atoms with van der Waals surface area (Å²) in [4.78, 5) is 17.3. The van der Waals surface area contributed by atoms with E-state index in [1.54, 1.807) is 23.6 Å². The standard InChI is InChI=1S/C23H21N3O4S/c1-17-8-7-11-19(14-17)31(28,29)25-23(27)15-26-21-13-6-5-12-20(21)24-22(26)16-30-18-9-3-2-4-10-18/h2-14H,15-16H2,1H3,(H,25,27). The normalized spacial score (nSPS) is 11.4. The van der Waals surface area contributed by atoms with Crippen LogP contribution in [0.2, 0.25) is 0 Å². The summed E-state index contributed by atoms with van der Waals surface area (Å²) in [6, 6.07) is 23.0. The topological polar surface area (TPSA) is 90.3 Å². The van der Waals surface area contributed by atoms with Crippen molar-refractivity contribution in [2.24, 2.45) is 0 Å². The number of carbonyl (C=O) groups is 1. The number of para-hydroxylation sites is 3. The molecule has 0 saturated heterocycles. The van der Waals surface area contributed by atoms with Crippen LogP contribution in [0.15, 0.2) is 83.8 Å². The summed E-state index contributed by atoms with van der Waals surface area (Å²) in [5.41, 5.74) is 2.21. The molecule has 0 aliphatic carbocycles. The molecule has 4 aromatic rings. The van der Waals surface area contributed by atoms with Crippen LogP contribution in [0.5, 0.6) is 5.75 Å². The lowest BCUT2D eigenvalue weighted by molar-refractivity contribution is -0.119. The Morgan fingerprint density at radius 2 is 1.74 bits per heavy atom. The Hall–Kier alpha value is -3.65. The van der Waals surface area contributed by atoms with E-state index in [4.69, 9.17) is 4.74 Å². The van der Waals surface area contributed by atoms with Gasteiger partial charge in [-0.05, 0) is 48.9 Å². The van der Waals surface area contributed by atoms with E-state index >= 15 is 0 Å². The number of carbonyl (C=O) groups excluding carboxylic acids is 1. The highest BCUT2D eigenvalue weighted by Gasteiger charge is 2.20. The molecular weight excluding hydrogens is 414 g/mol. The van der Waals surface area contributed by atoms with Crippen molar-refractivity contribution in [3.63, 3.8) is 0 Å². The van der Waals surface area contributed by atoms with Gasteiger partial charge in [-0.3, -0.25) is 4.79 Å². The van der Waals surface area contributed by atoms with Crippen LogP contribution in [0.4, 0.5) is 0 Å². The number of hydrogen-bond donors (Lipinski definition) is 1. The second-order valence-corrected chi connectivity index (χ2v) is 8.73. The first-order valence-electron chi connectivity index (χ1n) is 9.67. The van der Waals surface area contributed by atoms with Gasteiger partial charge in [0.2, 0.25) is 0 Å². The number of fused-ring (bicyclic) bond motifs is 1. The number of sulfonamides is 1. The van der Waals surface area contributed by atoms with Gasteiger partial charge in [0, 0.05) is 0 Å². The van der Waals surface area contributed by atoms with E-state index in [1.165, 1.54) is 12.1 Å². The van der Waals surface area contributed by atoms with E-state index in [0.29, 0.717) is 17.1 Å². The van der Waals surface area contributed by atoms with Gasteiger partial charge < -0.3 is 9.30 Å². The summed E-state index contributed by atoms with van der Waals surface area (Å²) in [5.74, 6) is 0.534. The van der Waals surface area contributed by atoms with Gasteiger partial charge >= 0.3 is 0 Å². The van der Waals surface area contributed by atoms with E-state index in [-0.39, 0.29) is 18.0 Å². The number of hydrogen-bond acceptors (Lipinski definition) is 5. The lowest BCUT2D eigenvalue weighted by Gasteiger charge is -2.12. The molecule has 0 aliphatic rings. The summed E-state index contributed by atoms with van der Waals surface area (Å²) in [6.45, 7) is 1.72. The Kier molecular flexibility index (Phi) is 5.73. The minimum atomic E-state index is -3.97. The van der Waals surface area contributed by atoms with E-state index in [9.17, 15) is 13.2 Å². The molecule has 3 aromatic carbocycles. The molecule has 158 valence electrons. The highest BCUT2D eigenvalue weighted by molar-refractivity contribution is 7.90. The molecule has 8 heteroatoms. The number of ether oxygens (including phenoxy) is 1. The molecule has 4 rings (SSSR count). The quantitative estimate of drug-likeness (QED) is 0.480. The van der Waals surface area contributed by atoms with Gasteiger partial charge in [-0.15, -0.1) is 0 Å². The van der Waals surface area contributed by atoms with E-state index in [1.807, 2.05) is 54.6 Å².